The highest BCUT2D eigenvalue weighted by Gasteiger charge is 2.27. The third-order valence-electron chi connectivity index (χ3n) is 4.16. The number of amides is 1. The third kappa shape index (κ3) is 2.71. The van der Waals surface area contributed by atoms with E-state index in [9.17, 15) is 14.7 Å². The minimum atomic E-state index is -0.392. The Morgan fingerprint density at radius 1 is 1.48 bits per heavy atom. The van der Waals surface area contributed by atoms with Gasteiger partial charge in [0.15, 0.2) is 4.96 Å². The molecule has 7 heteroatoms. The fourth-order valence-electron chi connectivity index (χ4n) is 2.92. The van der Waals surface area contributed by atoms with Gasteiger partial charge in [-0.3, -0.25) is 14.0 Å². The smallest absolute Gasteiger partial charge is 0.271 e. The number of aromatic nitrogens is 2. The largest absolute Gasteiger partial charge is 0.396 e. The molecule has 0 radical (unpaired) electrons. The topological polar surface area (TPSA) is 83.7 Å². The van der Waals surface area contributed by atoms with E-state index in [2.05, 4.69) is 10.3 Å². The Labute approximate surface area is 125 Å². The highest BCUT2D eigenvalue weighted by Crippen LogP contribution is 2.30. The first-order valence-electron chi connectivity index (χ1n) is 7.04. The second kappa shape index (κ2) is 5.95. The van der Waals surface area contributed by atoms with Crippen molar-refractivity contribution in [1.29, 1.82) is 0 Å². The molecule has 1 saturated carbocycles. The Hall–Kier alpha value is -1.73. The Balaban J connectivity index is 1.72. The third-order valence-corrected chi connectivity index (χ3v) is 4.93. The zero-order chi connectivity index (χ0) is 14.8. The fraction of sp³-hybridized carbons (Fsp3) is 0.500. The van der Waals surface area contributed by atoms with Gasteiger partial charge in [-0.25, -0.2) is 4.98 Å². The molecule has 2 heterocycles. The molecule has 0 saturated heterocycles. The first-order chi connectivity index (χ1) is 10.2. The van der Waals surface area contributed by atoms with Crippen molar-refractivity contribution in [3.63, 3.8) is 0 Å². The maximum Gasteiger partial charge on any atom is 0.271 e. The zero-order valence-corrected chi connectivity index (χ0v) is 12.3. The van der Waals surface area contributed by atoms with Crippen LogP contribution in [0.5, 0.6) is 0 Å². The molecule has 0 aromatic carbocycles. The molecule has 2 aromatic heterocycles. The van der Waals surface area contributed by atoms with Crippen molar-refractivity contribution in [3.8, 4) is 0 Å². The van der Waals surface area contributed by atoms with Crippen LogP contribution in [0.3, 0.4) is 0 Å². The number of rotatable bonds is 4. The van der Waals surface area contributed by atoms with Crippen molar-refractivity contribution in [2.45, 2.75) is 19.3 Å². The summed E-state index contributed by atoms with van der Waals surface area (Å²) in [6.45, 7) is 0.654. The van der Waals surface area contributed by atoms with Gasteiger partial charge in [-0.1, -0.05) is 6.42 Å². The number of hydrogen-bond acceptors (Lipinski definition) is 5. The van der Waals surface area contributed by atoms with E-state index < -0.39 is 5.91 Å². The van der Waals surface area contributed by atoms with Gasteiger partial charge in [0.25, 0.3) is 11.5 Å². The molecular weight excluding hydrogens is 290 g/mol. The van der Waals surface area contributed by atoms with Gasteiger partial charge >= 0.3 is 0 Å². The number of carbonyl (C=O) groups is 1. The summed E-state index contributed by atoms with van der Waals surface area (Å²) in [6.07, 6.45) is 6.04. The first-order valence-corrected chi connectivity index (χ1v) is 7.92. The van der Waals surface area contributed by atoms with Crippen LogP contribution in [0.25, 0.3) is 4.96 Å². The average molecular weight is 307 g/mol. The molecule has 3 rings (SSSR count). The Morgan fingerprint density at radius 3 is 3.10 bits per heavy atom. The van der Waals surface area contributed by atoms with E-state index in [1.165, 1.54) is 21.9 Å². The van der Waals surface area contributed by atoms with Crippen molar-refractivity contribution in [3.05, 3.63) is 33.7 Å². The Morgan fingerprint density at radius 2 is 2.29 bits per heavy atom. The quantitative estimate of drug-likeness (QED) is 0.879. The monoisotopic (exact) mass is 307 g/mol. The maximum atomic E-state index is 12.2. The summed E-state index contributed by atoms with van der Waals surface area (Å²) >= 11 is 1.35. The molecule has 6 nitrogen and oxygen atoms in total. The van der Waals surface area contributed by atoms with Gasteiger partial charge in [0.1, 0.15) is 5.56 Å². The van der Waals surface area contributed by atoms with Crippen LogP contribution >= 0.6 is 11.3 Å². The summed E-state index contributed by atoms with van der Waals surface area (Å²) in [5.41, 5.74) is -0.284. The van der Waals surface area contributed by atoms with Crippen molar-refractivity contribution in [2.75, 3.05) is 13.2 Å². The molecule has 21 heavy (non-hydrogen) atoms. The van der Waals surface area contributed by atoms with Gasteiger partial charge in [0.05, 0.1) is 0 Å². The summed E-state index contributed by atoms with van der Waals surface area (Å²) in [6, 6.07) is 0. The van der Waals surface area contributed by atoms with E-state index in [0.29, 0.717) is 17.4 Å². The molecule has 0 spiro atoms. The number of aliphatic hydroxyl groups excluding tert-OH is 1. The predicted molar refractivity (Wildman–Crippen MR) is 79.6 cm³/mol. The minimum absolute atomic E-state index is 0.0597. The maximum absolute atomic E-state index is 12.2. The van der Waals surface area contributed by atoms with E-state index >= 15 is 0 Å². The first kappa shape index (κ1) is 14.2. The van der Waals surface area contributed by atoms with Crippen LogP contribution in [0.4, 0.5) is 0 Å². The molecule has 1 aliphatic carbocycles. The molecule has 2 N–H and O–H groups in total. The summed E-state index contributed by atoms with van der Waals surface area (Å²) < 4.78 is 1.38. The van der Waals surface area contributed by atoms with Crippen LogP contribution in [0, 0.1) is 11.8 Å². The second-order valence-electron chi connectivity index (χ2n) is 5.38. The van der Waals surface area contributed by atoms with Crippen LogP contribution < -0.4 is 10.9 Å². The number of carbonyl (C=O) groups excluding carboxylic acids is 1. The van der Waals surface area contributed by atoms with Gasteiger partial charge in [0.2, 0.25) is 0 Å². The average Bonchev–Trinajstić information content (AvgIpc) is 3.13. The van der Waals surface area contributed by atoms with E-state index in [-0.39, 0.29) is 23.6 Å². The van der Waals surface area contributed by atoms with Gasteiger partial charge in [-0.2, -0.15) is 0 Å². The summed E-state index contributed by atoms with van der Waals surface area (Å²) in [5.74, 6) is 0.153. The molecule has 1 fully saturated rings. The van der Waals surface area contributed by atoms with Crippen molar-refractivity contribution in [1.82, 2.24) is 14.7 Å². The van der Waals surface area contributed by atoms with Crippen LogP contribution in [0.15, 0.2) is 22.6 Å². The number of aliphatic hydroxyl groups is 1. The number of fused-ring (bicyclic) bond motifs is 1. The number of thiazole rings is 1. The molecule has 2 unspecified atom stereocenters. The molecule has 1 amide bonds. The van der Waals surface area contributed by atoms with E-state index in [1.807, 2.05) is 0 Å². The van der Waals surface area contributed by atoms with E-state index in [4.69, 9.17) is 0 Å². The van der Waals surface area contributed by atoms with Gasteiger partial charge in [0, 0.05) is 30.9 Å². The second-order valence-corrected chi connectivity index (χ2v) is 6.25. The molecule has 0 aliphatic heterocycles. The van der Waals surface area contributed by atoms with Crippen molar-refractivity contribution >= 4 is 22.2 Å². The van der Waals surface area contributed by atoms with E-state index in [0.717, 1.165) is 19.3 Å². The lowest BCUT2D eigenvalue weighted by molar-refractivity contribution is 0.0935. The van der Waals surface area contributed by atoms with Crippen molar-refractivity contribution < 1.29 is 9.90 Å². The van der Waals surface area contributed by atoms with Crippen LogP contribution in [-0.2, 0) is 0 Å². The number of hydrogen-bond donors (Lipinski definition) is 2. The molecule has 2 atom stereocenters. The van der Waals surface area contributed by atoms with Crippen LogP contribution in [-0.4, -0.2) is 33.6 Å². The molecule has 112 valence electrons. The molecule has 2 aromatic rings. The lowest BCUT2D eigenvalue weighted by atomic mass is 9.97. The highest BCUT2D eigenvalue weighted by molar-refractivity contribution is 7.15. The van der Waals surface area contributed by atoms with Crippen LogP contribution in [0.2, 0.25) is 0 Å². The Bertz CT molecular complexity index is 709. The normalized spacial score (nSPS) is 21.8. The fourth-order valence-corrected chi connectivity index (χ4v) is 3.60. The molecule has 0 bridgehead atoms. The minimum Gasteiger partial charge on any atom is -0.396 e. The van der Waals surface area contributed by atoms with Gasteiger partial charge < -0.3 is 10.4 Å². The lowest BCUT2D eigenvalue weighted by Gasteiger charge is -2.17. The van der Waals surface area contributed by atoms with E-state index in [1.54, 1.807) is 11.6 Å². The molecular formula is C14H17N3O3S. The Kier molecular flexibility index (Phi) is 4.03. The SMILES string of the molecule is O=C(NCC1CCCC1CO)c1cnc2sccn2c1=O. The summed E-state index contributed by atoms with van der Waals surface area (Å²) in [4.78, 5) is 29.0. The predicted octanol–water partition coefficient (Wildman–Crippen LogP) is 0.894. The standard InChI is InChI=1S/C14H17N3O3S/c18-8-10-3-1-2-9(10)6-15-12(19)11-7-16-14-17(13(11)20)4-5-21-14/h4-5,7,9-10,18H,1-3,6,8H2,(H,15,19). The summed E-state index contributed by atoms with van der Waals surface area (Å²) in [5, 5.41) is 13.8. The number of nitrogens with zero attached hydrogens (tertiary/aromatic N) is 2. The van der Waals surface area contributed by atoms with Crippen LogP contribution in [0.1, 0.15) is 29.6 Å². The lowest BCUT2D eigenvalue weighted by Crippen LogP contribution is -2.35. The number of nitrogens with one attached hydrogen (secondary N) is 1. The van der Waals surface area contributed by atoms with Gasteiger partial charge in [-0.15, -0.1) is 11.3 Å². The van der Waals surface area contributed by atoms with Gasteiger partial charge in [-0.05, 0) is 24.7 Å². The highest BCUT2D eigenvalue weighted by atomic mass is 32.1. The zero-order valence-electron chi connectivity index (χ0n) is 11.5. The summed E-state index contributed by atoms with van der Waals surface area (Å²) in [7, 11) is 0. The molecule has 1 aliphatic rings. The van der Waals surface area contributed by atoms with Crippen molar-refractivity contribution in [2.24, 2.45) is 11.8 Å².